The topological polar surface area (TPSA) is 49.7 Å². The van der Waals surface area contributed by atoms with Crippen LogP contribution in [0.4, 0.5) is 0 Å². The number of hydrogen-bond donors (Lipinski definition) is 2. The molecule has 0 amide bonds. The van der Waals surface area contributed by atoms with Crippen molar-refractivity contribution < 1.29 is 14.7 Å². The average molecular weight is 130 g/mol. The van der Waals surface area contributed by atoms with Gasteiger partial charge in [0.05, 0.1) is 6.26 Å². The Hall–Kier alpha value is -0.475. The molecule has 52 valence electrons. The van der Waals surface area contributed by atoms with Crippen LogP contribution in [0, 0.1) is 0 Å². The molecule has 0 radical (unpaired) electrons. The van der Waals surface area contributed by atoms with Gasteiger partial charge in [-0.2, -0.15) is 0 Å². The first-order valence-corrected chi connectivity index (χ1v) is 2.94. The van der Waals surface area contributed by atoms with Crippen molar-refractivity contribution in [3.8, 4) is 0 Å². The van der Waals surface area contributed by atoms with Crippen molar-refractivity contribution in [3.05, 3.63) is 12.3 Å². The zero-order chi connectivity index (χ0) is 7.11. The highest BCUT2D eigenvalue weighted by Gasteiger charge is 2.05. The normalized spacial score (nSPS) is 10.1. The highest BCUT2D eigenvalue weighted by atomic mass is 16.6. The number of allylic oxidation sites excluding steroid dienone is 1. The van der Waals surface area contributed by atoms with Gasteiger partial charge in [0.15, 0.2) is 0 Å². The van der Waals surface area contributed by atoms with Crippen molar-refractivity contribution in [2.75, 3.05) is 0 Å². The Morgan fingerprint density at radius 2 is 2.22 bits per heavy atom. The first-order valence-electron chi connectivity index (χ1n) is 2.94. The smallest absolute Gasteiger partial charge is 0.519 e. The molecule has 3 nitrogen and oxygen atoms in total. The van der Waals surface area contributed by atoms with Crippen LogP contribution < -0.4 is 0 Å². The molecule has 0 rings (SSSR count). The molecule has 0 saturated carbocycles. The van der Waals surface area contributed by atoms with Gasteiger partial charge in [0.1, 0.15) is 0 Å². The van der Waals surface area contributed by atoms with Gasteiger partial charge in [-0.25, -0.2) is 0 Å². The minimum atomic E-state index is -1.68. The van der Waals surface area contributed by atoms with Gasteiger partial charge in [-0.15, -0.1) is 0 Å². The monoisotopic (exact) mass is 130 g/mol. The maximum Gasteiger partial charge on any atom is 0.707 e. The van der Waals surface area contributed by atoms with E-state index in [4.69, 9.17) is 10.0 Å². The minimum Gasteiger partial charge on any atom is -0.519 e. The van der Waals surface area contributed by atoms with E-state index in [0.717, 1.165) is 12.8 Å². The SMILES string of the molecule is CCCC=COB(O)O. The fourth-order valence-corrected chi connectivity index (χ4v) is 0.361. The largest absolute Gasteiger partial charge is 0.707 e. The van der Waals surface area contributed by atoms with Crippen LogP contribution in [-0.2, 0) is 4.65 Å². The van der Waals surface area contributed by atoms with E-state index in [1.54, 1.807) is 6.08 Å². The summed E-state index contributed by atoms with van der Waals surface area (Å²) < 4.78 is 4.27. The van der Waals surface area contributed by atoms with Gasteiger partial charge in [0.2, 0.25) is 0 Å². The molecule has 9 heavy (non-hydrogen) atoms. The molecule has 0 bridgehead atoms. The van der Waals surface area contributed by atoms with Crippen LogP contribution in [0.2, 0.25) is 0 Å². The van der Waals surface area contributed by atoms with E-state index in [9.17, 15) is 0 Å². The Labute approximate surface area is 55.1 Å². The molecule has 0 aliphatic rings. The van der Waals surface area contributed by atoms with Crippen LogP contribution in [0.3, 0.4) is 0 Å². The van der Waals surface area contributed by atoms with Gasteiger partial charge in [-0.05, 0) is 6.42 Å². The van der Waals surface area contributed by atoms with Crippen molar-refractivity contribution in [2.24, 2.45) is 0 Å². The van der Waals surface area contributed by atoms with Gasteiger partial charge in [-0.3, -0.25) is 0 Å². The summed E-state index contributed by atoms with van der Waals surface area (Å²) in [6.07, 6.45) is 4.95. The fraction of sp³-hybridized carbons (Fsp3) is 0.600. The third-order valence-corrected chi connectivity index (χ3v) is 0.752. The summed E-state index contributed by atoms with van der Waals surface area (Å²) in [5.74, 6) is 0. The molecule has 0 saturated heterocycles. The second-order valence-electron chi connectivity index (χ2n) is 1.62. The Morgan fingerprint density at radius 3 is 2.67 bits per heavy atom. The molecule has 4 heteroatoms. The maximum absolute atomic E-state index is 8.13. The summed E-state index contributed by atoms with van der Waals surface area (Å²) in [7, 11) is -1.68. The molecule has 0 aliphatic carbocycles. The van der Waals surface area contributed by atoms with E-state index in [-0.39, 0.29) is 0 Å². The Bertz CT molecular complexity index is 82.3. The average Bonchev–Trinajstić information content (AvgIpc) is 1.80. The quantitative estimate of drug-likeness (QED) is 0.424. The molecular formula is C5H11BO3. The fourth-order valence-electron chi connectivity index (χ4n) is 0.361. The van der Waals surface area contributed by atoms with Crippen molar-refractivity contribution >= 4 is 7.32 Å². The maximum atomic E-state index is 8.13. The van der Waals surface area contributed by atoms with Crippen molar-refractivity contribution in [2.45, 2.75) is 19.8 Å². The summed E-state index contributed by atoms with van der Waals surface area (Å²) >= 11 is 0. The molecular weight excluding hydrogens is 119 g/mol. The molecule has 0 atom stereocenters. The van der Waals surface area contributed by atoms with Crippen molar-refractivity contribution in [1.82, 2.24) is 0 Å². The van der Waals surface area contributed by atoms with Gasteiger partial charge < -0.3 is 14.7 Å². The Balaban J connectivity index is 3.04. The Kier molecular flexibility index (Phi) is 5.36. The van der Waals surface area contributed by atoms with E-state index >= 15 is 0 Å². The minimum absolute atomic E-state index is 0.896. The van der Waals surface area contributed by atoms with E-state index in [2.05, 4.69) is 4.65 Å². The van der Waals surface area contributed by atoms with Crippen LogP contribution in [0.25, 0.3) is 0 Å². The zero-order valence-corrected chi connectivity index (χ0v) is 5.45. The predicted molar refractivity (Wildman–Crippen MR) is 35.3 cm³/mol. The van der Waals surface area contributed by atoms with Gasteiger partial charge in [-0.1, -0.05) is 19.4 Å². The van der Waals surface area contributed by atoms with E-state index in [1.807, 2.05) is 6.92 Å². The standard InChI is InChI=1S/C5H11BO3/c1-2-3-4-5-9-6(7)8/h4-5,7-8H,2-3H2,1H3. The molecule has 0 aromatic rings. The highest BCUT2D eigenvalue weighted by Crippen LogP contribution is 1.88. The second-order valence-corrected chi connectivity index (χ2v) is 1.62. The van der Waals surface area contributed by atoms with Gasteiger partial charge >= 0.3 is 7.32 Å². The molecule has 0 fully saturated rings. The highest BCUT2D eigenvalue weighted by molar-refractivity contribution is 6.32. The van der Waals surface area contributed by atoms with E-state index in [0.29, 0.717) is 0 Å². The molecule has 0 aromatic heterocycles. The molecule has 0 heterocycles. The van der Waals surface area contributed by atoms with Crippen molar-refractivity contribution in [3.63, 3.8) is 0 Å². The number of unbranched alkanes of at least 4 members (excludes halogenated alkanes) is 1. The lowest BCUT2D eigenvalue weighted by Crippen LogP contribution is -2.12. The Morgan fingerprint density at radius 1 is 1.56 bits per heavy atom. The predicted octanol–water partition coefficient (Wildman–Crippen LogP) is 0.286. The van der Waals surface area contributed by atoms with E-state index < -0.39 is 7.32 Å². The second kappa shape index (κ2) is 5.66. The molecule has 0 aliphatic heterocycles. The first-order chi connectivity index (χ1) is 4.27. The molecule has 2 N–H and O–H groups in total. The van der Waals surface area contributed by atoms with Gasteiger partial charge in [0.25, 0.3) is 0 Å². The number of hydrogen-bond acceptors (Lipinski definition) is 3. The summed E-state index contributed by atoms with van der Waals surface area (Å²) in [6, 6.07) is 0. The van der Waals surface area contributed by atoms with Crippen LogP contribution >= 0.6 is 0 Å². The number of rotatable bonds is 4. The lowest BCUT2D eigenvalue weighted by atomic mass is 10.3. The third kappa shape index (κ3) is 7.52. The summed E-state index contributed by atoms with van der Waals surface area (Å²) in [6.45, 7) is 2.03. The molecule has 0 spiro atoms. The van der Waals surface area contributed by atoms with Crippen LogP contribution in [0.5, 0.6) is 0 Å². The lowest BCUT2D eigenvalue weighted by Gasteiger charge is -1.93. The van der Waals surface area contributed by atoms with Gasteiger partial charge in [0, 0.05) is 0 Å². The summed E-state index contributed by atoms with van der Waals surface area (Å²) in [5.41, 5.74) is 0. The van der Waals surface area contributed by atoms with Crippen LogP contribution in [0.1, 0.15) is 19.8 Å². The summed E-state index contributed by atoms with van der Waals surface area (Å²) in [5, 5.41) is 16.3. The lowest BCUT2D eigenvalue weighted by molar-refractivity contribution is 0.257. The van der Waals surface area contributed by atoms with Crippen LogP contribution in [0.15, 0.2) is 12.3 Å². The zero-order valence-electron chi connectivity index (χ0n) is 5.45. The van der Waals surface area contributed by atoms with Crippen molar-refractivity contribution in [1.29, 1.82) is 0 Å². The molecule has 0 unspecified atom stereocenters. The first kappa shape index (κ1) is 8.52. The van der Waals surface area contributed by atoms with E-state index in [1.165, 1.54) is 6.26 Å². The molecule has 0 aromatic carbocycles. The van der Waals surface area contributed by atoms with Crippen LogP contribution in [-0.4, -0.2) is 17.4 Å². The third-order valence-electron chi connectivity index (χ3n) is 0.752. The summed E-state index contributed by atoms with van der Waals surface area (Å²) in [4.78, 5) is 0.